The zero-order valence-corrected chi connectivity index (χ0v) is 7.64. The molecule has 0 saturated carbocycles. The van der Waals surface area contributed by atoms with Crippen LogP contribution in [0.5, 0.6) is 0 Å². The Labute approximate surface area is 82.5 Å². The first-order chi connectivity index (χ1) is 6.84. The molecule has 1 aromatic carbocycles. The van der Waals surface area contributed by atoms with Gasteiger partial charge in [-0.25, -0.2) is 4.79 Å². The molecule has 0 atom stereocenters. The number of rotatable bonds is 2. The normalized spacial score (nSPS) is 17.4. The molecule has 1 heterocycles. The summed E-state index contributed by atoms with van der Waals surface area (Å²) in [4.78, 5) is 10.7. The summed E-state index contributed by atoms with van der Waals surface area (Å²) in [5.41, 5.74) is 1.20. The summed E-state index contributed by atoms with van der Waals surface area (Å²) in [6, 6.07) is 10.0. The molecular weight excluding hydrogens is 176 g/mol. The Kier molecular flexibility index (Phi) is 2.45. The van der Waals surface area contributed by atoms with Gasteiger partial charge in [-0.05, 0) is 24.1 Å². The van der Waals surface area contributed by atoms with Crippen LogP contribution in [0.4, 0.5) is 0 Å². The molecule has 0 unspecified atom stereocenters. The summed E-state index contributed by atoms with van der Waals surface area (Å²) in [7, 11) is 0. The molecule has 0 bridgehead atoms. The third kappa shape index (κ3) is 2.10. The lowest BCUT2D eigenvalue weighted by molar-refractivity contribution is -0.132. The Morgan fingerprint density at radius 3 is 2.57 bits per heavy atom. The number of hydrogen-bond acceptors (Lipinski definition) is 2. The van der Waals surface area contributed by atoms with Crippen LogP contribution >= 0.6 is 0 Å². The van der Waals surface area contributed by atoms with Crippen LogP contribution in [0.3, 0.4) is 0 Å². The second-order valence-electron chi connectivity index (χ2n) is 3.05. The fourth-order valence-electron chi connectivity index (χ4n) is 1.28. The molecular formula is C12H10O2. The highest BCUT2D eigenvalue weighted by molar-refractivity contribution is 5.86. The Balaban J connectivity index is 2.01. The molecule has 70 valence electrons. The van der Waals surface area contributed by atoms with E-state index >= 15 is 0 Å². The fraction of sp³-hybridized carbons (Fsp3) is 0.0833. The van der Waals surface area contributed by atoms with Crippen molar-refractivity contribution < 1.29 is 9.53 Å². The van der Waals surface area contributed by atoms with Gasteiger partial charge in [-0.2, -0.15) is 0 Å². The van der Waals surface area contributed by atoms with Crippen molar-refractivity contribution in [1.82, 2.24) is 0 Å². The quantitative estimate of drug-likeness (QED) is 0.662. The molecule has 0 spiro atoms. The molecule has 14 heavy (non-hydrogen) atoms. The third-order valence-corrected chi connectivity index (χ3v) is 1.98. The minimum atomic E-state index is -0.288. The molecule has 1 aliphatic rings. The van der Waals surface area contributed by atoms with Gasteiger partial charge in [0.1, 0.15) is 5.76 Å². The van der Waals surface area contributed by atoms with Gasteiger partial charge in [0.05, 0.1) is 0 Å². The molecule has 2 nitrogen and oxygen atoms in total. The highest BCUT2D eigenvalue weighted by atomic mass is 16.5. The van der Waals surface area contributed by atoms with E-state index in [-0.39, 0.29) is 5.97 Å². The van der Waals surface area contributed by atoms with Crippen molar-refractivity contribution in [2.75, 3.05) is 0 Å². The molecule has 0 aliphatic carbocycles. The van der Waals surface area contributed by atoms with Crippen LogP contribution in [0.1, 0.15) is 5.56 Å². The van der Waals surface area contributed by atoms with Crippen LogP contribution in [-0.4, -0.2) is 5.97 Å². The second kappa shape index (κ2) is 3.92. The molecule has 1 aromatic rings. The van der Waals surface area contributed by atoms with E-state index in [1.165, 1.54) is 11.6 Å². The van der Waals surface area contributed by atoms with Gasteiger partial charge in [0.15, 0.2) is 0 Å². The van der Waals surface area contributed by atoms with Crippen LogP contribution in [-0.2, 0) is 16.0 Å². The van der Waals surface area contributed by atoms with Gasteiger partial charge in [-0.1, -0.05) is 30.3 Å². The van der Waals surface area contributed by atoms with Gasteiger partial charge < -0.3 is 4.74 Å². The molecule has 0 aromatic heterocycles. The molecule has 1 aliphatic heterocycles. The van der Waals surface area contributed by atoms with Crippen molar-refractivity contribution in [2.24, 2.45) is 0 Å². The summed E-state index contributed by atoms with van der Waals surface area (Å²) in [5.74, 6) is 0.350. The minimum absolute atomic E-state index is 0.288. The molecule has 2 heteroatoms. The summed E-state index contributed by atoms with van der Waals surface area (Å²) in [5, 5.41) is 0. The van der Waals surface area contributed by atoms with E-state index in [1.807, 2.05) is 36.4 Å². The van der Waals surface area contributed by atoms with Crippen LogP contribution in [0.15, 0.2) is 54.3 Å². The summed E-state index contributed by atoms with van der Waals surface area (Å²) >= 11 is 0. The van der Waals surface area contributed by atoms with E-state index < -0.39 is 0 Å². The predicted molar refractivity (Wildman–Crippen MR) is 53.5 cm³/mol. The van der Waals surface area contributed by atoms with Crippen LogP contribution in [0, 0.1) is 0 Å². The number of benzene rings is 1. The van der Waals surface area contributed by atoms with Gasteiger partial charge in [0.25, 0.3) is 0 Å². The third-order valence-electron chi connectivity index (χ3n) is 1.98. The van der Waals surface area contributed by atoms with Gasteiger partial charge in [-0.15, -0.1) is 0 Å². The molecule has 0 saturated heterocycles. The smallest absolute Gasteiger partial charge is 0.336 e. The first-order valence-corrected chi connectivity index (χ1v) is 4.48. The maximum Gasteiger partial charge on any atom is 0.336 e. The average molecular weight is 186 g/mol. The van der Waals surface area contributed by atoms with Crippen molar-refractivity contribution in [2.45, 2.75) is 6.42 Å². The fourth-order valence-corrected chi connectivity index (χ4v) is 1.28. The lowest BCUT2D eigenvalue weighted by Gasteiger charge is -1.97. The monoisotopic (exact) mass is 186 g/mol. The number of esters is 1. The first-order valence-electron chi connectivity index (χ1n) is 4.48. The van der Waals surface area contributed by atoms with Gasteiger partial charge >= 0.3 is 5.97 Å². The second-order valence-corrected chi connectivity index (χ2v) is 3.05. The Bertz CT molecular complexity index is 388. The highest BCUT2D eigenvalue weighted by Gasteiger charge is 2.07. The topological polar surface area (TPSA) is 26.3 Å². The van der Waals surface area contributed by atoms with E-state index in [9.17, 15) is 4.79 Å². The van der Waals surface area contributed by atoms with E-state index in [0.717, 1.165) is 6.42 Å². The zero-order valence-electron chi connectivity index (χ0n) is 7.64. The first kappa shape index (κ1) is 8.75. The molecule has 2 rings (SSSR count). The Hall–Kier alpha value is -1.83. The van der Waals surface area contributed by atoms with E-state index in [0.29, 0.717) is 5.76 Å². The summed E-state index contributed by atoms with van der Waals surface area (Å²) in [6.45, 7) is 0. The van der Waals surface area contributed by atoms with Gasteiger partial charge in [0.2, 0.25) is 0 Å². The average Bonchev–Trinajstić information content (AvgIpc) is 2.63. The van der Waals surface area contributed by atoms with Gasteiger partial charge in [-0.3, -0.25) is 0 Å². The maximum absolute atomic E-state index is 10.7. The minimum Gasteiger partial charge on any atom is -0.424 e. The highest BCUT2D eigenvalue weighted by Crippen LogP contribution is 2.10. The number of ether oxygens (including phenoxy) is 1. The summed E-state index contributed by atoms with van der Waals surface area (Å²) < 4.78 is 4.89. The SMILES string of the molecule is O=C1C=C/C(=C/Cc2ccccc2)O1. The lowest BCUT2D eigenvalue weighted by Crippen LogP contribution is -1.91. The molecule has 0 amide bonds. The molecule has 0 fully saturated rings. The van der Waals surface area contributed by atoms with Crippen molar-refractivity contribution in [1.29, 1.82) is 0 Å². The maximum atomic E-state index is 10.7. The van der Waals surface area contributed by atoms with Crippen molar-refractivity contribution in [3.8, 4) is 0 Å². The van der Waals surface area contributed by atoms with Crippen LogP contribution in [0.25, 0.3) is 0 Å². The summed E-state index contributed by atoms with van der Waals surface area (Å²) in [6.07, 6.45) is 5.80. The predicted octanol–water partition coefficient (Wildman–Crippen LogP) is 2.23. The van der Waals surface area contributed by atoms with Crippen LogP contribution in [0.2, 0.25) is 0 Å². The van der Waals surface area contributed by atoms with E-state index in [1.54, 1.807) is 6.08 Å². The van der Waals surface area contributed by atoms with Gasteiger partial charge in [0, 0.05) is 6.08 Å². The largest absolute Gasteiger partial charge is 0.424 e. The Morgan fingerprint density at radius 2 is 1.93 bits per heavy atom. The lowest BCUT2D eigenvalue weighted by atomic mass is 10.1. The Morgan fingerprint density at radius 1 is 1.14 bits per heavy atom. The van der Waals surface area contributed by atoms with Crippen molar-refractivity contribution >= 4 is 5.97 Å². The molecule has 0 N–H and O–H groups in total. The van der Waals surface area contributed by atoms with Crippen LogP contribution < -0.4 is 0 Å². The van der Waals surface area contributed by atoms with Crippen molar-refractivity contribution in [3.63, 3.8) is 0 Å². The zero-order chi connectivity index (χ0) is 9.80. The van der Waals surface area contributed by atoms with E-state index in [2.05, 4.69) is 0 Å². The number of carbonyl (C=O) groups is 1. The number of hydrogen-bond donors (Lipinski definition) is 0. The van der Waals surface area contributed by atoms with E-state index in [4.69, 9.17) is 4.74 Å². The number of carbonyl (C=O) groups excluding carboxylic acids is 1. The molecule has 0 radical (unpaired) electrons. The standard InChI is InChI=1S/C12H10O2/c13-12-9-8-11(14-12)7-6-10-4-2-1-3-5-10/h1-5,7-9H,6H2/b11-7-. The number of cyclic esters (lactones) is 1. The number of allylic oxidation sites excluding steroid dienone is 2. The van der Waals surface area contributed by atoms with Crippen molar-refractivity contribution in [3.05, 3.63) is 59.9 Å².